The summed E-state index contributed by atoms with van der Waals surface area (Å²) in [5, 5.41) is 0. The van der Waals surface area contributed by atoms with E-state index in [1.54, 1.807) is 12.1 Å². The summed E-state index contributed by atoms with van der Waals surface area (Å²) in [5.74, 6) is -0.551. The maximum absolute atomic E-state index is 12.4. The Morgan fingerprint density at radius 1 is 1.08 bits per heavy atom. The van der Waals surface area contributed by atoms with Gasteiger partial charge in [0.2, 0.25) is 0 Å². The van der Waals surface area contributed by atoms with Crippen LogP contribution in [0.5, 0.6) is 0 Å². The number of hydrogen-bond donors (Lipinski definition) is 0. The molecule has 0 bridgehead atoms. The van der Waals surface area contributed by atoms with Gasteiger partial charge in [0, 0.05) is 30.9 Å². The molecule has 1 aromatic carbocycles. The van der Waals surface area contributed by atoms with Gasteiger partial charge in [0.1, 0.15) is 0 Å². The van der Waals surface area contributed by atoms with Crippen molar-refractivity contribution in [3.8, 4) is 0 Å². The number of amides is 1. The van der Waals surface area contributed by atoms with Crippen molar-refractivity contribution in [3.63, 3.8) is 0 Å². The second-order valence-electron chi connectivity index (χ2n) is 6.73. The Bertz CT molecular complexity index is 571. The van der Waals surface area contributed by atoms with Gasteiger partial charge in [0.05, 0.1) is 5.56 Å². The predicted octanol–water partition coefficient (Wildman–Crippen LogP) is 3.48. The zero-order valence-electron chi connectivity index (χ0n) is 15.8. The number of likely N-dealkylation sites (tertiary alicyclic amines) is 1. The smallest absolute Gasteiger partial charge is 0.338 e. The van der Waals surface area contributed by atoms with Gasteiger partial charge in [-0.05, 0) is 71.2 Å². The number of carbonyl (C=O) groups is 2. The third-order valence-electron chi connectivity index (χ3n) is 5.04. The van der Waals surface area contributed by atoms with Gasteiger partial charge < -0.3 is 14.5 Å². The van der Waals surface area contributed by atoms with E-state index in [9.17, 15) is 9.59 Å². The Kier molecular flexibility index (Phi) is 6.85. The number of carbonyl (C=O) groups excluding carboxylic acids is 2. The normalized spacial score (nSPS) is 20.2. The summed E-state index contributed by atoms with van der Waals surface area (Å²) >= 11 is 0. The van der Waals surface area contributed by atoms with Crippen LogP contribution in [-0.4, -0.2) is 48.6 Å². The first-order valence-electron chi connectivity index (χ1n) is 9.31. The first kappa shape index (κ1) is 19.3. The second kappa shape index (κ2) is 8.88. The molecule has 138 valence electrons. The molecule has 1 heterocycles. The van der Waals surface area contributed by atoms with Crippen molar-refractivity contribution in [3.05, 3.63) is 29.8 Å². The van der Waals surface area contributed by atoms with Gasteiger partial charge in [-0.15, -0.1) is 0 Å². The highest BCUT2D eigenvalue weighted by atomic mass is 16.5. The molecule has 1 amide bonds. The summed E-state index contributed by atoms with van der Waals surface area (Å²) in [5.41, 5.74) is 1.55. The van der Waals surface area contributed by atoms with Crippen molar-refractivity contribution in [1.29, 1.82) is 0 Å². The minimum Gasteiger partial charge on any atom is -0.452 e. The highest BCUT2D eigenvalue weighted by molar-refractivity contribution is 5.91. The maximum Gasteiger partial charge on any atom is 0.338 e. The Balaban J connectivity index is 1.92. The molecule has 1 aromatic rings. The number of nitrogens with zero attached hydrogens (tertiary/aromatic N) is 2. The zero-order valence-corrected chi connectivity index (χ0v) is 15.8. The van der Waals surface area contributed by atoms with E-state index >= 15 is 0 Å². The van der Waals surface area contributed by atoms with Crippen molar-refractivity contribution < 1.29 is 14.3 Å². The largest absolute Gasteiger partial charge is 0.452 e. The minimum atomic E-state index is -0.447. The molecule has 5 heteroatoms. The molecule has 0 spiro atoms. The van der Waals surface area contributed by atoms with E-state index in [1.807, 2.05) is 17.0 Å². The molecule has 0 aliphatic carbocycles. The maximum atomic E-state index is 12.4. The van der Waals surface area contributed by atoms with Crippen molar-refractivity contribution in [2.45, 2.75) is 59.0 Å². The van der Waals surface area contributed by atoms with Gasteiger partial charge in [-0.25, -0.2) is 4.79 Å². The van der Waals surface area contributed by atoms with Crippen LogP contribution in [0, 0.1) is 0 Å². The number of anilines is 1. The molecule has 5 nitrogen and oxygen atoms in total. The molecular weight excluding hydrogens is 316 g/mol. The van der Waals surface area contributed by atoms with Crippen LogP contribution in [0.2, 0.25) is 0 Å². The molecule has 1 aliphatic rings. The molecule has 1 saturated heterocycles. The van der Waals surface area contributed by atoms with E-state index in [-0.39, 0.29) is 24.6 Å². The van der Waals surface area contributed by atoms with Crippen LogP contribution in [0.3, 0.4) is 0 Å². The lowest BCUT2D eigenvalue weighted by atomic mass is 9.97. The molecular formula is C20H30N2O3. The average molecular weight is 346 g/mol. The van der Waals surface area contributed by atoms with Crippen LogP contribution in [0.15, 0.2) is 24.3 Å². The molecule has 25 heavy (non-hydrogen) atoms. The van der Waals surface area contributed by atoms with Gasteiger partial charge >= 0.3 is 5.97 Å². The van der Waals surface area contributed by atoms with E-state index in [0.29, 0.717) is 5.56 Å². The Hall–Kier alpha value is -2.04. The molecule has 2 atom stereocenters. The van der Waals surface area contributed by atoms with Crippen molar-refractivity contribution in [2.24, 2.45) is 0 Å². The molecule has 0 aromatic heterocycles. The zero-order chi connectivity index (χ0) is 18.4. The van der Waals surface area contributed by atoms with Crippen LogP contribution < -0.4 is 4.90 Å². The Morgan fingerprint density at radius 2 is 1.64 bits per heavy atom. The number of esters is 1. The fraction of sp³-hybridized carbons (Fsp3) is 0.600. The monoisotopic (exact) mass is 346 g/mol. The number of benzene rings is 1. The molecule has 2 rings (SSSR count). The fourth-order valence-electron chi connectivity index (χ4n) is 3.60. The SMILES string of the molecule is CCN(CC)c1ccc(C(=O)OCC(=O)N2[C@H](C)CCC[C@@H]2C)cc1. The van der Waals surface area contributed by atoms with Crippen LogP contribution >= 0.6 is 0 Å². The van der Waals surface area contributed by atoms with Crippen molar-refractivity contribution in [2.75, 3.05) is 24.6 Å². The van der Waals surface area contributed by atoms with E-state index in [1.165, 1.54) is 0 Å². The lowest BCUT2D eigenvalue weighted by Gasteiger charge is -2.38. The van der Waals surface area contributed by atoms with Gasteiger partial charge in [0.15, 0.2) is 6.61 Å². The van der Waals surface area contributed by atoms with Gasteiger partial charge in [0.25, 0.3) is 5.91 Å². The Labute approximate surface area is 150 Å². The first-order chi connectivity index (χ1) is 12.0. The first-order valence-corrected chi connectivity index (χ1v) is 9.31. The summed E-state index contributed by atoms with van der Waals surface area (Å²) < 4.78 is 5.25. The molecule has 0 N–H and O–H groups in total. The fourth-order valence-corrected chi connectivity index (χ4v) is 3.60. The van der Waals surface area contributed by atoms with E-state index in [2.05, 4.69) is 32.6 Å². The highest BCUT2D eigenvalue weighted by Gasteiger charge is 2.29. The highest BCUT2D eigenvalue weighted by Crippen LogP contribution is 2.22. The molecule has 1 aliphatic heterocycles. The van der Waals surface area contributed by atoms with Crippen LogP contribution in [0.4, 0.5) is 5.69 Å². The van der Waals surface area contributed by atoms with Crippen LogP contribution in [-0.2, 0) is 9.53 Å². The minimum absolute atomic E-state index is 0.104. The topological polar surface area (TPSA) is 49.9 Å². The number of piperidine rings is 1. The molecule has 1 fully saturated rings. The van der Waals surface area contributed by atoms with E-state index in [4.69, 9.17) is 4.74 Å². The predicted molar refractivity (Wildman–Crippen MR) is 99.9 cm³/mol. The molecule has 0 unspecified atom stereocenters. The van der Waals surface area contributed by atoms with Crippen LogP contribution in [0.25, 0.3) is 0 Å². The molecule has 0 saturated carbocycles. The summed E-state index contributed by atoms with van der Waals surface area (Å²) in [6, 6.07) is 7.77. The van der Waals surface area contributed by atoms with Crippen molar-refractivity contribution >= 4 is 17.6 Å². The lowest BCUT2D eigenvalue weighted by molar-refractivity contribution is -0.140. The van der Waals surface area contributed by atoms with Crippen molar-refractivity contribution in [1.82, 2.24) is 4.90 Å². The van der Waals surface area contributed by atoms with Gasteiger partial charge in [-0.2, -0.15) is 0 Å². The quantitative estimate of drug-likeness (QED) is 0.740. The summed E-state index contributed by atoms with van der Waals surface area (Å²) in [6.45, 7) is 9.95. The van der Waals surface area contributed by atoms with Gasteiger partial charge in [-0.1, -0.05) is 0 Å². The standard InChI is InChI=1S/C20H30N2O3/c1-5-21(6-2)18-12-10-17(11-13-18)20(24)25-14-19(23)22-15(3)8-7-9-16(22)4/h10-13,15-16H,5-9,14H2,1-4H3/t15-,16+. The number of rotatable bonds is 6. The summed E-state index contributed by atoms with van der Waals surface area (Å²) in [4.78, 5) is 28.7. The summed E-state index contributed by atoms with van der Waals surface area (Å²) in [6.07, 6.45) is 3.17. The summed E-state index contributed by atoms with van der Waals surface area (Å²) in [7, 11) is 0. The van der Waals surface area contributed by atoms with E-state index < -0.39 is 5.97 Å². The van der Waals surface area contributed by atoms with Gasteiger partial charge in [-0.3, -0.25) is 4.79 Å². The van der Waals surface area contributed by atoms with Crippen LogP contribution in [0.1, 0.15) is 57.3 Å². The Morgan fingerprint density at radius 3 is 2.16 bits per heavy atom. The third-order valence-corrected chi connectivity index (χ3v) is 5.04. The second-order valence-corrected chi connectivity index (χ2v) is 6.73. The number of ether oxygens (including phenoxy) is 1. The van der Waals surface area contributed by atoms with E-state index in [0.717, 1.165) is 38.0 Å². The lowest BCUT2D eigenvalue weighted by Crippen LogP contribution is -2.49. The molecule has 0 radical (unpaired) electrons. The third kappa shape index (κ3) is 4.74. The average Bonchev–Trinajstić information content (AvgIpc) is 2.61. The number of hydrogen-bond acceptors (Lipinski definition) is 4.